The van der Waals surface area contributed by atoms with Crippen molar-refractivity contribution in [2.45, 2.75) is 12.5 Å². The number of carbonyl (C=O) groups is 1. The van der Waals surface area contributed by atoms with Crippen LogP contribution < -0.4 is 5.32 Å². The van der Waals surface area contributed by atoms with Crippen molar-refractivity contribution < 1.29 is 14.6 Å². The molecule has 0 aliphatic carbocycles. The number of likely N-dealkylation sites (N-methyl/N-ethyl adjacent to an activating group) is 1. The number of carbonyl (C=O) groups excluding carboxylic acids is 1. The van der Waals surface area contributed by atoms with Gasteiger partial charge in [0.1, 0.15) is 11.8 Å². The fraction of sp³-hybridized carbons (Fsp3) is 0.364. The van der Waals surface area contributed by atoms with Crippen LogP contribution in [0.2, 0.25) is 0 Å². The van der Waals surface area contributed by atoms with Gasteiger partial charge in [-0.05, 0) is 31.2 Å². The summed E-state index contributed by atoms with van der Waals surface area (Å²) in [6, 6.07) is 6.45. The van der Waals surface area contributed by atoms with Gasteiger partial charge < -0.3 is 15.2 Å². The molecule has 1 aromatic rings. The van der Waals surface area contributed by atoms with Crippen molar-refractivity contribution in [2.75, 3.05) is 14.2 Å². The molecule has 15 heavy (non-hydrogen) atoms. The molecule has 2 N–H and O–H groups in total. The molecule has 4 heteroatoms. The maximum absolute atomic E-state index is 11.3. The third kappa shape index (κ3) is 3.25. The largest absolute Gasteiger partial charge is 0.508 e. The molecular weight excluding hydrogens is 194 g/mol. The summed E-state index contributed by atoms with van der Waals surface area (Å²) >= 11 is 0. The highest BCUT2D eigenvalue weighted by atomic mass is 16.5. The maximum Gasteiger partial charge on any atom is 0.323 e. The summed E-state index contributed by atoms with van der Waals surface area (Å²) in [6.45, 7) is 0. The van der Waals surface area contributed by atoms with Gasteiger partial charge in [0.2, 0.25) is 0 Å². The molecule has 0 bridgehead atoms. The van der Waals surface area contributed by atoms with Crippen LogP contribution in [-0.4, -0.2) is 31.3 Å². The van der Waals surface area contributed by atoms with Crippen LogP contribution in [0.3, 0.4) is 0 Å². The second-order valence-corrected chi connectivity index (χ2v) is 3.24. The Morgan fingerprint density at radius 1 is 1.60 bits per heavy atom. The fourth-order valence-electron chi connectivity index (χ4n) is 1.36. The molecule has 0 radical (unpaired) electrons. The average molecular weight is 209 g/mol. The number of rotatable bonds is 4. The lowest BCUT2D eigenvalue weighted by Crippen LogP contribution is -2.36. The number of ether oxygens (including phenoxy) is 1. The zero-order valence-corrected chi connectivity index (χ0v) is 8.86. The normalized spacial score (nSPS) is 12.1. The van der Waals surface area contributed by atoms with Crippen molar-refractivity contribution in [1.29, 1.82) is 0 Å². The van der Waals surface area contributed by atoms with Gasteiger partial charge in [0.15, 0.2) is 0 Å². The van der Waals surface area contributed by atoms with Crippen LogP contribution >= 0.6 is 0 Å². The molecule has 0 fully saturated rings. The van der Waals surface area contributed by atoms with E-state index >= 15 is 0 Å². The Bertz CT molecular complexity index is 338. The summed E-state index contributed by atoms with van der Waals surface area (Å²) in [5.74, 6) is -0.104. The van der Waals surface area contributed by atoms with Crippen LogP contribution in [0.1, 0.15) is 5.56 Å². The summed E-state index contributed by atoms with van der Waals surface area (Å²) in [4.78, 5) is 11.3. The van der Waals surface area contributed by atoms with Gasteiger partial charge in [-0.2, -0.15) is 0 Å². The molecule has 0 aliphatic rings. The first kappa shape index (κ1) is 11.5. The Labute approximate surface area is 88.9 Å². The summed E-state index contributed by atoms with van der Waals surface area (Å²) < 4.78 is 4.64. The quantitative estimate of drug-likeness (QED) is 0.716. The van der Waals surface area contributed by atoms with Gasteiger partial charge in [-0.3, -0.25) is 4.79 Å². The van der Waals surface area contributed by atoms with Crippen molar-refractivity contribution >= 4 is 5.97 Å². The number of methoxy groups -OCH3 is 1. The molecular formula is C11H15NO3. The Balaban J connectivity index is 2.70. The smallest absolute Gasteiger partial charge is 0.323 e. The number of phenolic OH excluding ortho intramolecular Hbond substituents is 1. The highest BCUT2D eigenvalue weighted by Gasteiger charge is 2.17. The van der Waals surface area contributed by atoms with Crippen LogP contribution in [0.15, 0.2) is 24.3 Å². The molecule has 1 unspecified atom stereocenters. The van der Waals surface area contributed by atoms with Gasteiger partial charge >= 0.3 is 5.97 Å². The number of esters is 1. The van der Waals surface area contributed by atoms with Gasteiger partial charge in [0.05, 0.1) is 7.11 Å². The number of hydrogen-bond acceptors (Lipinski definition) is 4. The van der Waals surface area contributed by atoms with Crippen LogP contribution in [0.25, 0.3) is 0 Å². The van der Waals surface area contributed by atoms with E-state index in [0.29, 0.717) is 6.42 Å². The van der Waals surface area contributed by atoms with E-state index in [4.69, 9.17) is 0 Å². The van der Waals surface area contributed by atoms with Crippen LogP contribution in [-0.2, 0) is 16.0 Å². The molecule has 1 aromatic carbocycles. The first-order valence-electron chi connectivity index (χ1n) is 4.70. The minimum Gasteiger partial charge on any atom is -0.508 e. The van der Waals surface area contributed by atoms with Gasteiger partial charge in [-0.25, -0.2) is 0 Å². The van der Waals surface area contributed by atoms with E-state index in [2.05, 4.69) is 10.1 Å². The van der Waals surface area contributed by atoms with E-state index in [1.165, 1.54) is 7.11 Å². The summed E-state index contributed by atoms with van der Waals surface area (Å²) in [5.41, 5.74) is 0.889. The Morgan fingerprint density at radius 2 is 2.33 bits per heavy atom. The van der Waals surface area contributed by atoms with Crippen LogP contribution in [0, 0.1) is 0 Å². The predicted octanol–water partition coefficient (Wildman–Crippen LogP) is 0.696. The molecule has 0 amide bonds. The minimum absolute atomic E-state index is 0.201. The molecule has 82 valence electrons. The number of aromatic hydroxyl groups is 1. The average Bonchev–Trinajstić information content (AvgIpc) is 2.25. The van der Waals surface area contributed by atoms with E-state index in [9.17, 15) is 9.90 Å². The van der Waals surface area contributed by atoms with Gasteiger partial charge in [-0.1, -0.05) is 12.1 Å². The summed E-state index contributed by atoms with van der Waals surface area (Å²) in [6.07, 6.45) is 0.498. The van der Waals surface area contributed by atoms with E-state index in [-0.39, 0.29) is 17.8 Å². The van der Waals surface area contributed by atoms with Crippen molar-refractivity contribution in [1.82, 2.24) is 5.32 Å². The lowest BCUT2D eigenvalue weighted by molar-refractivity contribution is -0.142. The Hall–Kier alpha value is -1.55. The second-order valence-electron chi connectivity index (χ2n) is 3.24. The number of benzene rings is 1. The third-order valence-electron chi connectivity index (χ3n) is 2.18. The SMILES string of the molecule is CNC(Cc1cccc(O)c1)C(=O)OC. The van der Waals surface area contributed by atoms with Crippen LogP contribution in [0.5, 0.6) is 5.75 Å². The minimum atomic E-state index is -0.378. The van der Waals surface area contributed by atoms with Gasteiger partial charge in [-0.15, -0.1) is 0 Å². The maximum atomic E-state index is 11.3. The van der Waals surface area contributed by atoms with E-state index in [0.717, 1.165) is 5.56 Å². The zero-order valence-electron chi connectivity index (χ0n) is 8.86. The summed E-state index contributed by atoms with van der Waals surface area (Å²) in [5, 5.41) is 12.1. The topological polar surface area (TPSA) is 58.6 Å². The highest BCUT2D eigenvalue weighted by Crippen LogP contribution is 2.12. The predicted molar refractivity (Wildman–Crippen MR) is 56.7 cm³/mol. The second kappa shape index (κ2) is 5.36. The molecule has 0 aromatic heterocycles. The molecule has 1 rings (SSSR count). The van der Waals surface area contributed by atoms with Gasteiger partial charge in [0.25, 0.3) is 0 Å². The molecule has 0 spiro atoms. The first-order valence-corrected chi connectivity index (χ1v) is 4.70. The van der Waals surface area contributed by atoms with E-state index in [1.807, 2.05) is 6.07 Å². The number of nitrogens with one attached hydrogen (secondary N) is 1. The molecule has 0 aliphatic heterocycles. The molecule has 1 atom stereocenters. The van der Waals surface area contributed by atoms with Gasteiger partial charge in [0, 0.05) is 0 Å². The van der Waals surface area contributed by atoms with E-state index < -0.39 is 0 Å². The molecule has 4 nitrogen and oxygen atoms in total. The molecule has 0 heterocycles. The lowest BCUT2D eigenvalue weighted by atomic mass is 10.1. The monoisotopic (exact) mass is 209 g/mol. The van der Waals surface area contributed by atoms with Crippen molar-refractivity contribution in [3.63, 3.8) is 0 Å². The highest BCUT2D eigenvalue weighted by molar-refractivity contribution is 5.76. The molecule has 0 saturated carbocycles. The standard InChI is InChI=1S/C11H15NO3/c1-12-10(11(14)15-2)7-8-4-3-5-9(13)6-8/h3-6,10,12-13H,7H2,1-2H3. The Kier molecular flexibility index (Phi) is 4.12. The first-order chi connectivity index (χ1) is 7.17. The van der Waals surface area contributed by atoms with Crippen molar-refractivity contribution in [2.24, 2.45) is 0 Å². The van der Waals surface area contributed by atoms with E-state index in [1.54, 1.807) is 25.2 Å². The lowest BCUT2D eigenvalue weighted by Gasteiger charge is -2.13. The third-order valence-corrected chi connectivity index (χ3v) is 2.18. The number of phenols is 1. The Morgan fingerprint density at radius 3 is 2.87 bits per heavy atom. The zero-order chi connectivity index (χ0) is 11.3. The van der Waals surface area contributed by atoms with Crippen molar-refractivity contribution in [3.8, 4) is 5.75 Å². The van der Waals surface area contributed by atoms with Crippen LogP contribution in [0.4, 0.5) is 0 Å². The summed E-state index contributed by atoms with van der Waals surface area (Å²) in [7, 11) is 3.06. The molecule has 0 saturated heterocycles. The van der Waals surface area contributed by atoms with Crippen molar-refractivity contribution in [3.05, 3.63) is 29.8 Å². The fourth-order valence-corrected chi connectivity index (χ4v) is 1.36. The number of hydrogen-bond donors (Lipinski definition) is 2.